The Balaban J connectivity index is 2.02. The number of aliphatic hydroxyl groups excluding tert-OH is 1. The molecule has 29 heavy (non-hydrogen) atoms. The summed E-state index contributed by atoms with van der Waals surface area (Å²) in [4.78, 5) is 15.5. The van der Waals surface area contributed by atoms with Gasteiger partial charge in [-0.05, 0) is 79.2 Å². The van der Waals surface area contributed by atoms with Gasteiger partial charge in [-0.25, -0.2) is 8.42 Å². The molecule has 0 aliphatic carbocycles. The largest absolute Gasteiger partial charge is 0.396 e. The van der Waals surface area contributed by atoms with Crippen LogP contribution in [0.1, 0.15) is 23.1 Å². The molecule has 0 aliphatic rings. The molecule has 0 radical (unpaired) electrons. The molecule has 3 aromatic rings. The molecule has 0 unspecified atom stereocenters. The fraction of sp³-hybridized carbons (Fsp3) is 0.286. The molecule has 1 heterocycles. The van der Waals surface area contributed by atoms with Gasteiger partial charge in [0.05, 0.1) is 4.90 Å². The van der Waals surface area contributed by atoms with E-state index in [1.807, 2.05) is 26.0 Å². The van der Waals surface area contributed by atoms with Crippen molar-refractivity contribution in [1.82, 2.24) is 9.29 Å². The van der Waals surface area contributed by atoms with E-state index in [4.69, 9.17) is 11.6 Å². The molecule has 3 rings (SSSR count). The minimum absolute atomic E-state index is 0.0866. The number of fused-ring (bicyclic) bond motifs is 1. The maximum Gasteiger partial charge on any atom is 0.252 e. The van der Waals surface area contributed by atoms with E-state index in [1.54, 1.807) is 6.07 Å². The molecule has 0 aliphatic heterocycles. The molecule has 0 saturated heterocycles. The summed E-state index contributed by atoms with van der Waals surface area (Å²) >= 11 is 5.87. The van der Waals surface area contributed by atoms with Gasteiger partial charge in [0.25, 0.3) is 5.56 Å². The van der Waals surface area contributed by atoms with Crippen LogP contribution in [0, 0.1) is 13.8 Å². The van der Waals surface area contributed by atoms with Crippen LogP contribution < -0.4 is 5.56 Å². The third kappa shape index (κ3) is 4.70. The Morgan fingerprint density at radius 1 is 1.07 bits per heavy atom. The maximum absolute atomic E-state index is 13.1. The Morgan fingerprint density at radius 3 is 2.38 bits per heavy atom. The van der Waals surface area contributed by atoms with Crippen molar-refractivity contribution in [1.29, 1.82) is 0 Å². The van der Waals surface area contributed by atoms with Gasteiger partial charge in [-0.3, -0.25) is 4.79 Å². The second-order valence-electron chi connectivity index (χ2n) is 7.02. The zero-order chi connectivity index (χ0) is 21.2. The van der Waals surface area contributed by atoms with Crippen molar-refractivity contribution in [3.63, 3.8) is 0 Å². The number of halogens is 1. The lowest BCUT2D eigenvalue weighted by atomic mass is 10.0. The van der Waals surface area contributed by atoms with Crippen LogP contribution in [0.25, 0.3) is 10.9 Å². The van der Waals surface area contributed by atoms with Crippen LogP contribution in [-0.2, 0) is 16.6 Å². The predicted octanol–water partition coefficient (Wildman–Crippen LogP) is 3.37. The van der Waals surface area contributed by atoms with Crippen LogP contribution in [0.3, 0.4) is 0 Å². The lowest BCUT2D eigenvalue weighted by molar-refractivity contribution is 0.267. The molecule has 8 heteroatoms. The number of rotatable bonds is 7. The van der Waals surface area contributed by atoms with E-state index in [2.05, 4.69) is 4.98 Å². The average molecular weight is 435 g/mol. The quantitative estimate of drug-likeness (QED) is 0.596. The highest BCUT2D eigenvalue weighted by Crippen LogP contribution is 2.22. The molecule has 1 aromatic heterocycles. The minimum atomic E-state index is -3.86. The summed E-state index contributed by atoms with van der Waals surface area (Å²) in [5, 5.41) is 10.5. The van der Waals surface area contributed by atoms with Crippen molar-refractivity contribution in [2.24, 2.45) is 0 Å². The van der Waals surface area contributed by atoms with E-state index in [1.165, 1.54) is 28.6 Å². The summed E-state index contributed by atoms with van der Waals surface area (Å²) in [6, 6.07) is 11.5. The van der Waals surface area contributed by atoms with Crippen molar-refractivity contribution < 1.29 is 13.5 Å². The number of sulfonamides is 1. The number of aliphatic hydroxyl groups is 1. The Bertz CT molecular complexity index is 1190. The van der Waals surface area contributed by atoms with E-state index < -0.39 is 10.0 Å². The number of aryl methyl sites for hydroxylation is 2. The van der Waals surface area contributed by atoms with E-state index in [9.17, 15) is 18.3 Å². The summed E-state index contributed by atoms with van der Waals surface area (Å²) in [6.07, 6.45) is 0.261. The number of hydrogen-bond acceptors (Lipinski definition) is 4. The first-order valence-corrected chi connectivity index (χ1v) is 11.0. The van der Waals surface area contributed by atoms with E-state index >= 15 is 0 Å². The lowest BCUT2D eigenvalue weighted by Gasteiger charge is -2.22. The molecular formula is C21H23ClN2O4S. The van der Waals surface area contributed by atoms with Gasteiger partial charge in [-0.2, -0.15) is 4.31 Å². The molecule has 0 amide bonds. The second kappa shape index (κ2) is 8.67. The molecule has 154 valence electrons. The number of nitrogens with zero attached hydrogens (tertiary/aromatic N) is 1. The third-order valence-electron chi connectivity index (χ3n) is 4.90. The van der Waals surface area contributed by atoms with E-state index in [0.29, 0.717) is 16.1 Å². The highest BCUT2D eigenvalue weighted by atomic mass is 35.5. The Labute approximate surface area is 174 Å². The van der Waals surface area contributed by atoms with Gasteiger partial charge < -0.3 is 10.1 Å². The first-order chi connectivity index (χ1) is 13.7. The summed E-state index contributed by atoms with van der Waals surface area (Å²) in [5.74, 6) is 0. The Kier molecular flexibility index (Phi) is 6.43. The van der Waals surface area contributed by atoms with Crippen LogP contribution in [0.2, 0.25) is 5.02 Å². The Hall–Kier alpha value is -2.19. The Morgan fingerprint density at radius 2 is 1.72 bits per heavy atom. The van der Waals surface area contributed by atoms with Crippen LogP contribution in [0.5, 0.6) is 0 Å². The standard InChI is InChI=1S/C21H23ClN2O4S/c1-14-10-16-12-17(21(26)23-20(16)11-15(14)2)13-24(8-3-9-25)29(27,28)19-6-4-18(22)5-7-19/h4-7,10-12,25H,3,8-9,13H2,1-2H3,(H,23,26). The normalized spacial score (nSPS) is 12.0. The number of aromatic amines is 1. The predicted molar refractivity (Wildman–Crippen MR) is 115 cm³/mol. The van der Waals surface area contributed by atoms with Gasteiger partial charge in [-0.1, -0.05) is 11.6 Å². The average Bonchev–Trinajstić information content (AvgIpc) is 2.67. The topological polar surface area (TPSA) is 90.5 Å². The number of aromatic nitrogens is 1. The fourth-order valence-corrected chi connectivity index (χ4v) is 4.70. The van der Waals surface area contributed by atoms with Crippen molar-refractivity contribution in [2.75, 3.05) is 13.2 Å². The van der Waals surface area contributed by atoms with Crippen LogP contribution >= 0.6 is 11.6 Å². The maximum atomic E-state index is 13.1. The van der Waals surface area contributed by atoms with Crippen LogP contribution in [0.4, 0.5) is 0 Å². The second-order valence-corrected chi connectivity index (χ2v) is 9.39. The summed E-state index contributed by atoms with van der Waals surface area (Å²) < 4.78 is 27.4. The fourth-order valence-electron chi connectivity index (χ4n) is 3.12. The zero-order valence-corrected chi connectivity index (χ0v) is 17.8. The first-order valence-electron chi connectivity index (χ1n) is 9.22. The molecule has 0 saturated carbocycles. The highest BCUT2D eigenvalue weighted by Gasteiger charge is 2.25. The minimum Gasteiger partial charge on any atom is -0.396 e. The summed E-state index contributed by atoms with van der Waals surface area (Å²) in [6.45, 7) is 3.79. The molecule has 0 atom stereocenters. The van der Waals surface area contributed by atoms with Gasteiger partial charge in [0.2, 0.25) is 10.0 Å². The van der Waals surface area contributed by atoms with Crippen LogP contribution in [0.15, 0.2) is 52.2 Å². The number of pyridine rings is 1. The number of benzene rings is 2. The van der Waals surface area contributed by atoms with Crippen molar-refractivity contribution in [3.8, 4) is 0 Å². The SMILES string of the molecule is Cc1cc2cc(CN(CCCO)S(=O)(=O)c3ccc(Cl)cc3)c(=O)[nH]c2cc1C. The smallest absolute Gasteiger partial charge is 0.252 e. The first kappa shape index (κ1) is 21.5. The van der Waals surface area contributed by atoms with Crippen molar-refractivity contribution >= 4 is 32.5 Å². The third-order valence-corrected chi connectivity index (χ3v) is 7.01. The highest BCUT2D eigenvalue weighted by molar-refractivity contribution is 7.89. The van der Waals surface area contributed by atoms with Gasteiger partial charge in [-0.15, -0.1) is 0 Å². The number of hydrogen-bond donors (Lipinski definition) is 2. The number of nitrogens with one attached hydrogen (secondary N) is 1. The van der Waals surface area contributed by atoms with Crippen molar-refractivity contribution in [3.05, 3.63) is 74.5 Å². The number of H-pyrrole nitrogens is 1. The van der Waals surface area contributed by atoms with Gasteiger partial charge in [0.1, 0.15) is 0 Å². The van der Waals surface area contributed by atoms with Crippen LogP contribution in [-0.4, -0.2) is 36.0 Å². The van der Waals surface area contributed by atoms with Crippen molar-refractivity contribution in [2.45, 2.75) is 31.7 Å². The lowest BCUT2D eigenvalue weighted by Crippen LogP contribution is -2.34. The molecule has 6 nitrogen and oxygen atoms in total. The summed E-state index contributed by atoms with van der Waals surface area (Å²) in [5.41, 5.74) is 2.87. The van der Waals surface area contributed by atoms with Gasteiger partial charge in [0, 0.05) is 35.8 Å². The molecule has 0 fully saturated rings. The van der Waals surface area contributed by atoms with Gasteiger partial charge in [0.15, 0.2) is 0 Å². The zero-order valence-electron chi connectivity index (χ0n) is 16.3. The molecule has 2 N–H and O–H groups in total. The van der Waals surface area contributed by atoms with E-state index in [-0.39, 0.29) is 36.6 Å². The summed E-state index contributed by atoms with van der Waals surface area (Å²) in [7, 11) is -3.86. The molecule has 2 aromatic carbocycles. The molecule has 0 spiro atoms. The van der Waals surface area contributed by atoms with E-state index in [0.717, 1.165) is 16.5 Å². The monoisotopic (exact) mass is 434 g/mol. The molecule has 0 bridgehead atoms. The molecular weight excluding hydrogens is 412 g/mol. The van der Waals surface area contributed by atoms with Gasteiger partial charge >= 0.3 is 0 Å².